The standard InChI is InChI=1S/C9H12N2O/c1-6-4-7(9(11)12)2-3-8(6)5-10/h2-4H,5,10H2,1H3,(H2,11,12). The zero-order valence-electron chi connectivity index (χ0n) is 7.00. The molecule has 3 heteroatoms. The summed E-state index contributed by atoms with van der Waals surface area (Å²) in [5.74, 6) is -0.401. The number of carbonyl (C=O) groups excluding carboxylic acids is 1. The van der Waals surface area contributed by atoms with E-state index in [1.54, 1.807) is 12.1 Å². The SMILES string of the molecule is Cc1cc(C(N)=O)ccc1CN. The second kappa shape index (κ2) is 3.36. The molecule has 0 saturated heterocycles. The van der Waals surface area contributed by atoms with Crippen LogP contribution in [0.15, 0.2) is 18.2 Å². The molecule has 1 amide bonds. The van der Waals surface area contributed by atoms with E-state index < -0.39 is 5.91 Å². The van der Waals surface area contributed by atoms with Gasteiger partial charge in [0.15, 0.2) is 0 Å². The Bertz CT molecular complexity index is 307. The Hall–Kier alpha value is -1.35. The topological polar surface area (TPSA) is 69.1 Å². The van der Waals surface area contributed by atoms with Crippen LogP contribution in [0.4, 0.5) is 0 Å². The van der Waals surface area contributed by atoms with Gasteiger partial charge in [-0.25, -0.2) is 0 Å². The monoisotopic (exact) mass is 164 g/mol. The molecule has 0 aromatic heterocycles. The van der Waals surface area contributed by atoms with E-state index in [4.69, 9.17) is 11.5 Å². The van der Waals surface area contributed by atoms with Crippen molar-refractivity contribution in [3.05, 3.63) is 34.9 Å². The van der Waals surface area contributed by atoms with Gasteiger partial charge in [0, 0.05) is 12.1 Å². The van der Waals surface area contributed by atoms with Crippen LogP contribution in [0, 0.1) is 6.92 Å². The lowest BCUT2D eigenvalue weighted by atomic mass is 10.1. The highest BCUT2D eigenvalue weighted by Crippen LogP contribution is 2.09. The molecule has 12 heavy (non-hydrogen) atoms. The van der Waals surface area contributed by atoms with E-state index >= 15 is 0 Å². The van der Waals surface area contributed by atoms with Gasteiger partial charge in [0.05, 0.1) is 0 Å². The predicted molar refractivity (Wildman–Crippen MR) is 47.6 cm³/mol. The minimum Gasteiger partial charge on any atom is -0.366 e. The predicted octanol–water partition coefficient (Wildman–Crippen LogP) is 0.553. The average Bonchev–Trinajstić information content (AvgIpc) is 2.04. The lowest BCUT2D eigenvalue weighted by Crippen LogP contribution is -2.11. The van der Waals surface area contributed by atoms with Crippen LogP contribution in [-0.4, -0.2) is 5.91 Å². The van der Waals surface area contributed by atoms with E-state index in [2.05, 4.69) is 0 Å². The minimum atomic E-state index is -0.401. The second-order valence-electron chi connectivity index (χ2n) is 2.71. The first-order valence-corrected chi connectivity index (χ1v) is 3.74. The summed E-state index contributed by atoms with van der Waals surface area (Å²) in [7, 11) is 0. The molecule has 1 rings (SSSR count). The number of hydrogen-bond acceptors (Lipinski definition) is 2. The summed E-state index contributed by atoms with van der Waals surface area (Å²) < 4.78 is 0. The van der Waals surface area contributed by atoms with E-state index in [-0.39, 0.29) is 0 Å². The molecule has 64 valence electrons. The van der Waals surface area contributed by atoms with Gasteiger partial charge >= 0.3 is 0 Å². The Balaban J connectivity index is 3.10. The zero-order chi connectivity index (χ0) is 9.14. The smallest absolute Gasteiger partial charge is 0.248 e. The fraction of sp³-hybridized carbons (Fsp3) is 0.222. The lowest BCUT2D eigenvalue weighted by Gasteiger charge is -2.03. The van der Waals surface area contributed by atoms with Gasteiger partial charge < -0.3 is 11.5 Å². The molecule has 0 saturated carbocycles. The summed E-state index contributed by atoms with van der Waals surface area (Å²) in [5.41, 5.74) is 13.1. The first kappa shape index (κ1) is 8.74. The number of primary amides is 1. The van der Waals surface area contributed by atoms with Gasteiger partial charge in [0.2, 0.25) is 5.91 Å². The minimum absolute atomic E-state index is 0.401. The molecular weight excluding hydrogens is 152 g/mol. The summed E-state index contributed by atoms with van der Waals surface area (Å²) in [5, 5.41) is 0. The highest BCUT2D eigenvalue weighted by atomic mass is 16.1. The summed E-state index contributed by atoms with van der Waals surface area (Å²) >= 11 is 0. The third-order valence-electron chi connectivity index (χ3n) is 1.85. The number of amides is 1. The summed E-state index contributed by atoms with van der Waals surface area (Å²) in [4.78, 5) is 10.7. The van der Waals surface area contributed by atoms with Crippen molar-refractivity contribution in [1.82, 2.24) is 0 Å². The van der Waals surface area contributed by atoms with Gasteiger partial charge in [0.1, 0.15) is 0 Å². The molecule has 0 atom stereocenters. The summed E-state index contributed by atoms with van der Waals surface area (Å²) in [6, 6.07) is 5.28. The molecule has 0 aliphatic rings. The lowest BCUT2D eigenvalue weighted by molar-refractivity contribution is 0.1000. The average molecular weight is 164 g/mol. The zero-order valence-corrected chi connectivity index (χ0v) is 7.00. The van der Waals surface area contributed by atoms with Crippen LogP contribution in [0.2, 0.25) is 0 Å². The fourth-order valence-electron chi connectivity index (χ4n) is 1.08. The molecule has 0 spiro atoms. The van der Waals surface area contributed by atoms with Crippen molar-refractivity contribution in [2.45, 2.75) is 13.5 Å². The van der Waals surface area contributed by atoms with Crippen molar-refractivity contribution in [3.63, 3.8) is 0 Å². The van der Waals surface area contributed by atoms with E-state index in [0.717, 1.165) is 11.1 Å². The van der Waals surface area contributed by atoms with Crippen LogP contribution in [0.1, 0.15) is 21.5 Å². The Morgan fingerprint density at radius 2 is 2.17 bits per heavy atom. The molecule has 0 aliphatic heterocycles. The number of aryl methyl sites for hydroxylation is 1. The summed E-state index contributed by atoms with van der Waals surface area (Å²) in [6.45, 7) is 2.40. The molecule has 1 aromatic rings. The van der Waals surface area contributed by atoms with Crippen LogP contribution in [0.25, 0.3) is 0 Å². The van der Waals surface area contributed by atoms with Crippen molar-refractivity contribution >= 4 is 5.91 Å². The quantitative estimate of drug-likeness (QED) is 0.670. The van der Waals surface area contributed by atoms with E-state index in [1.807, 2.05) is 13.0 Å². The fourth-order valence-corrected chi connectivity index (χ4v) is 1.08. The maximum atomic E-state index is 10.7. The molecule has 0 aliphatic carbocycles. The molecule has 0 bridgehead atoms. The van der Waals surface area contributed by atoms with Gasteiger partial charge in [-0.3, -0.25) is 4.79 Å². The molecule has 0 fully saturated rings. The number of carbonyl (C=O) groups is 1. The van der Waals surface area contributed by atoms with Crippen LogP contribution in [-0.2, 0) is 6.54 Å². The molecule has 1 aromatic carbocycles. The van der Waals surface area contributed by atoms with Gasteiger partial charge in [-0.1, -0.05) is 6.07 Å². The first-order valence-electron chi connectivity index (χ1n) is 3.74. The Kier molecular flexibility index (Phi) is 2.45. The molecule has 3 nitrogen and oxygen atoms in total. The number of benzene rings is 1. The maximum Gasteiger partial charge on any atom is 0.248 e. The van der Waals surface area contributed by atoms with Crippen molar-refractivity contribution < 1.29 is 4.79 Å². The Labute approximate surface area is 71.4 Å². The van der Waals surface area contributed by atoms with Crippen molar-refractivity contribution in [1.29, 1.82) is 0 Å². The van der Waals surface area contributed by atoms with Crippen LogP contribution >= 0.6 is 0 Å². The number of hydrogen-bond donors (Lipinski definition) is 2. The molecular formula is C9H12N2O. The molecule has 0 radical (unpaired) electrons. The van der Waals surface area contributed by atoms with Gasteiger partial charge in [-0.15, -0.1) is 0 Å². The van der Waals surface area contributed by atoms with Crippen LogP contribution in [0.5, 0.6) is 0 Å². The van der Waals surface area contributed by atoms with Crippen molar-refractivity contribution in [3.8, 4) is 0 Å². The van der Waals surface area contributed by atoms with E-state index in [1.165, 1.54) is 0 Å². The third-order valence-corrected chi connectivity index (χ3v) is 1.85. The first-order chi connectivity index (χ1) is 5.65. The summed E-state index contributed by atoms with van der Waals surface area (Å²) in [6.07, 6.45) is 0. The highest BCUT2D eigenvalue weighted by molar-refractivity contribution is 5.93. The maximum absolute atomic E-state index is 10.7. The second-order valence-corrected chi connectivity index (χ2v) is 2.71. The largest absolute Gasteiger partial charge is 0.366 e. The third kappa shape index (κ3) is 1.62. The number of rotatable bonds is 2. The molecule has 0 unspecified atom stereocenters. The molecule has 0 heterocycles. The van der Waals surface area contributed by atoms with Gasteiger partial charge in [-0.2, -0.15) is 0 Å². The van der Waals surface area contributed by atoms with Crippen LogP contribution < -0.4 is 11.5 Å². The van der Waals surface area contributed by atoms with E-state index in [9.17, 15) is 4.79 Å². The Morgan fingerprint density at radius 3 is 2.58 bits per heavy atom. The van der Waals surface area contributed by atoms with E-state index in [0.29, 0.717) is 12.1 Å². The Morgan fingerprint density at radius 1 is 1.50 bits per heavy atom. The van der Waals surface area contributed by atoms with Gasteiger partial charge in [-0.05, 0) is 30.2 Å². The van der Waals surface area contributed by atoms with Crippen molar-refractivity contribution in [2.24, 2.45) is 11.5 Å². The highest BCUT2D eigenvalue weighted by Gasteiger charge is 2.01. The number of nitrogens with two attached hydrogens (primary N) is 2. The normalized spacial score (nSPS) is 9.83. The van der Waals surface area contributed by atoms with Crippen molar-refractivity contribution in [2.75, 3.05) is 0 Å². The van der Waals surface area contributed by atoms with Gasteiger partial charge in [0.25, 0.3) is 0 Å². The van der Waals surface area contributed by atoms with Crippen LogP contribution in [0.3, 0.4) is 0 Å². The molecule has 4 N–H and O–H groups in total.